The van der Waals surface area contributed by atoms with E-state index >= 15 is 0 Å². The van der Waals surface area contributed by atoms with Gasteiger partial charge in [0.05, 0.1) is 23.6 Å². The molecule has 2 rings (SSSR count). The van der Waals surface area contributed by atoms with Gasteiger partial charge in [-0.25, -0.2) is 0 Å². The van der Waals surface area contributed by atoms with Crippen molar-refractivity contribution >= 4 is 23.1 Å². The summed E-state index contributed by atoms with van der Waals surface area (Å²) in [5.74, 6) is 0.540. The molecule has 3 N–H and O–H groups in total. The first-order valence-electron chi connectivity index (χ1n) is 6.93. The van der Waals surface area contributed by atoms with E-state index in [0.29, 0.717) is 17.5 Å². The van der Waals surface area contributed by atoms with Crippen LogP contribution in [-0.4, -0.2) is 55.2 Å². The summed E-state index contributed by atoms with van der Waals surface area (Å²) in [6.07, 6.45) is 1.57. The number of thiocarbonyl (C=S) groups is 1. The van der Waals surface area contributed by atoms with Crippen LogP contribution in [0.1, 0.15) is 19.8 Å². The van der Waals surface area contributed by atoms with Gasteiger partial charge in [0.1, 0.15) is 0 Å². The molecule has 0 radical (unpaired) electrons. The monoisotopic (exact) mass is 285 g/mol. The molecule has 1 amide bonds. The van der Waals surface area contributed by atoms with E-state index < -0.39 is 5.41 Å². The van der Waals surface area contributed by atoms with Gasteiger partial charge in [0, 0.05) is 26.2 Å². The topological polar surface area (TPSA) is 67.6 Å². The third-order valence-electron chi connectivity index (χ3n) is 4.12. The van der Waals surface area contributed by atoms with E-state index in [-0.39, 0.29) is 5.91 Å². The van der Waals surface area contributed by atoms with Gasteiger partial charge in [0.15, 0.2) is 0 Å². The smallest absolute Gasteiger partial charge is 0.233 e. The van der Waals surface area contributed by atoms with Crippen molar-refractivity contribution in [1.29, 1.82) is 0 Å². The zero-order chi connectivity index (χ0) is 13.9. The van der Waals surface area contributed by atoms with Crippen LogP contribution in [0.2, 0.25) is 0 Å². The average Bonchev–Trinajstić information content (AvgIpc) is 2.35. The van der Waals surface area contributed by atoms with Crippen molar-refractivity contribution in [1.82, 2.24) is 10.2 Å². The lowest BCUT2D eigenvalue weighted by molar-refractivity contribution is -0.132. The van der Waals surface area contributed by atoms with Crippen LogP contribution in [0.15, 0.2) is 0 Å². The van der Waals surface area contributed by atoms with Crippen LogP contribution in [0.25, 0.3) is 0 Å². The Morgan fingerprint density at radius 1 is 1.47 bits per heavy atom. The molecular formula is C13H23N3O2S. The first-order chi connectivity index (χ1) is 9.04. The van der Waals surface area contributed by atoms with Gasteiger partial charge in [0.2, 0.25) is 5.91 Å². The molecule has 1 saturated heterocycles. The first kappa shape index (κ1) is 14.7. The number of amides is 1. The fourth-order valence-electron chi connectivity index (χ4n) is 2.95. The van der Waals surface area contributed by atoms with E-state index in [1.54, 1.807) is 0 Å². The van der Waals surface area contributed by atoms with Crippen LogP contribution in [0.5, 0.6) is 0 Å². The molecule has 1 aliphatic heterocycles. The molecule has 0 spiro atoms. The number of carbonyl (C=O) groups is 1. The highest BCUT2D eigenvalue weighted by molar-refractivity contribution is 7.80. The van der Waals surface area contributed by atoms with Crippen LogP contribution in [0.3, 0.4) is 0 Å². The summed E-state index contributed by atoms with van der Waals surface area (Å²) in [4.78, 5) is 14.9. The second kappa shape index (κ2) is 6.15. The summed E-state index contributed by atoms with van der Waals surface area (Å²) in [5.41, 5.74) is 5.17. The molecule has 0 aromatic heterocycles. The SMILES string of the molecule is CC1CC(C(=O)NCCN2CCOCC2)(C(N)=S)C1. The molecule has 5 nitrogen and oxygen atoms in total. The lowest BCUT2D eigenvalue weighted by Crippen LogP contribution is -2.56. The van der Waals surface area contributed by atoms with Gasteiger partial charge >= 0.3 is 0 Å². The second-order valence-electron chi connectivity index (χ2n) is 5.67. The number of carbonyl (C=O) groups excluding carboxylic acids is 1. The number of rotatable bonds is 5. The summed E-state index contributed by atoms with van der Waals surface area (Å²) in [7, 11) is 0. The van der Waals surface area contributed by atoms with E-state index in [1.807, 2.05) is 0 Å². The van der Waals surface area contributed by atoms with E-state index in [1.165, 1.54) is 0 Å². The Morgan fingerprint density at radius 3 is 2.63 bits per heavy atom. The third kappa shape index (κ3) is 3.24. The zero-order valence-corrected chi connectivity index (χ0v) is 12.3. The molecule has 0 aromatic rings. The maximum Gasteiger partial charge on any atom is 0.233 e. The molecule has 1 aliphatic carbocycles. The number of hydrogen-bond acceptors (Lipinski definition) is 4. The van der Waals surface area contributed by atoms with Crippen molar-refractivity contribution in [3.8, 4) is 0 Å². The predicted molar refractivity (Wildman–Crippen MR) is 77.9 cm³/mol. The van der Waals surface area contributed by atoms with Gasteiger partial charge in [-0.2, -0.15) is 0 Å². The molecule has 2 fully saturated rings. The normalized spacial score (nSPS) is 31.5. The Bertz CT molecular complexity index is 350. The van der Waals surface area contributed by atoms with Crippen molar-refractivity contribution in [3.63, 3.8) is 0 Å². The standard InChI is InChI=1S/C13H23N3O2S/c1-10-8-13(9-10,11(14)19)12(17)15-2-3-16-4-6-18-7-5-16/h10H,2-9H2,1H3,(H2,14,19)(H,15,17). The Hall–Kier alpha value is -0.720. The number of ether oxygens (including phenoxy) is 1. The van der Waals surface area contributed by atoms with E-state index in [9.17, 15) is 4.79 Å². The number of nitrogens with zero attached hydrogens (tertiary/aromatic N) is 1. The van der Waals surface area contributed by atoms with Crippen molar-refractivity contribution in [2.24, 2.45) is 17.1 Å². The Morgan fingerprint density at radius 2 is 2.11 bits per heavy atom. The lowest BCUT2D eigenvalue weighted by atomic mass is 9.62. The minimum atomic E-state index is -0.584. The van der Waals surface area contributed by atoms with Crippen LogP contribution in [0.4, 0.5) is 0 Å². The number of morpholine rings is 1. The second-order valence-corrected chi connectivity index (χ2v) is 6.11. The zero-order valence-electron chi connectivity index (χ0n) is 11.5. The molecular weight excluding hydrogens is 262 g/mol. The van der Waals surface area contributed by atoms with Crippen molar-refractivity contribution in [3.05, 3.63) is 0 Å². The van der Waals surface area contributed by atoms with Crippen LogP contribution in [-0.2, 0) is 9.53 Å². The average molecular weight is 285 g/mol. The minimum Gasteiger partial charge on any atom is -0.392 e. The quantitative estimate of drug-likeness (QED) is 0.703. The highest BCUT2D eigenvalue weighted by atomic mass is 32.1. The molecule has 1 saturated carbocycles. The summed E-state index contributed by atoms with van der Waals surface area (Å²) in [5, 5.41) is 2.99. The van der Waals surface area contributed by atoms with Crippen LogP contribution >= 0.6 is 12.2 Å². The summed E-state index contributed by atoms with van der Waals surface area (Å²) in [6.45, 7) is 7.07. The van der Waals surface area contributed by atoms with Gasteiger partial charge < -0.3 is 15.8 Å². The predicted octanol–water partition coefficient (Wildman–Crippen LogP) is 0.137. The van der Waals surface area contributed by atoms with Gasteiger partial charge in [0.25, 0.3) is 0 Å². The lowest BCUT2D eigenvalue weighted by Gasteiger charge is -2.44. The number of nitrogens with two attached hydrogens (primary N) is 1. The van der Waals surface area contributed by atoms with Gasteiger partial charge in [-0.05, 0) is 18.8 Å². The van der Waals surface area contributed by atoms with Gasteiger partial charge in [-0.1, -0.05) is 19.1 Å². The number of hydrogen-bond donors (Lipinski definition) is 2. The van der Waals surface area contributed by atoms with E-state index in [0.717, 1.165) is 45.7 Å². The molecule has 0 aromatic carbocycles. The van der Waals surface area contributed by atoms with E-state index in [2.05, 4.69) is 17.1 Å². The molecule has 0 bridgehead atoms. The molecule has 108 valence electrons. The Balaban J connectivity index is 1.75. The van der Waals surface area contributed by atoms with Crippen LogP contribution in [0, 0.1) is 11.3 Å². The molecule has 0 unspecified atom stereocenters. The number of nitrogens with one attached hydrogen (secondary N) is 1. The fourth-order valence-corrected chi connectivity index (χ4v) is 3.21. The highest BCUT2D eigenvalue weighted by Crippen LogP contribution is 2.45. The highest BCUT2D eigenvalue weighted by Gasteiger charge is 2.50. The molecule has 1 heterocycles. The first-order valence-corrected chi connectivity index (χ1v) is 7.34. The van der Waals surface area contributed by atoms with Crippen molar-refractivity contribution in [2.45, 2.75) is 19.8 Å². The molecule has 0 atom stereocenters. The summed E-state index contributed by atoms with van der Waals surface area (Å²) < 4.78 is 5.29. The summed E-state index contributed by atoms with van der Waals surface area (Å²) >= 11 is 5.08. The molecule has 19 heavy (non-hydrogen) atoms. The van der Waals surface area contributed by atoms with Crippen LogP contribution < -0.4 is 11.1 Å². The van der Waals surface area contributed by atoms with E-state index in [4.69, 9.17) is 22.7 Å². The fraction of sp³-hybridized carbons (Fsp3) is 0.846. The molecule has 2 aliphatic rings. The van der Waals surface area contributed by atoms with Crippen molar-refractivity contribution < 1.29 is 9.53 Å². The maximum atomic E-state index is 12.3. The summed E-state index contributed by atoms with van der Waals surface area (Å²) in [6, 6.07) is 0. The Labute approximate surface area is 119 Å². The Kier molecular flexibility index (Phi) is 4.76. The molecule has 6 heteroatoms. The van der Waals surface area contributed by atoms with Crippen molar-refractivity contribution in [2.75, 3.05) is 39.4 Å². The maximum absolute atomic E-state index is 12.3. The largest absolute Gasteiger partial charge is 0.392 e. The third-order valence-corrected chi connectivity index (χ3v) is 4.51. The van der Waals surface area contributed by atoms with Gasteiger partial charge in [-0.15, -0.1) is 0 Å². The van der Waals surface area contributed by atoms with Gasteiger partial charge in [-0.3, -0.25) is 9.69 Å². The minimum absolute atomic E-state index is 0.00589.